The highest BCUT2D eigenvalue weighted by molar-refractivity contribution is 7.07. The average Bonchev–Trinajstić information content (AvgIpc) is 2.57. The molecule has 0 fully saturated rings. The number of carbonyl (C=O) groups is 1. The third-order valence-corrected chi connectivity index (χ3v) is 1.98. The van der Waals surface area contributed by atoms with E-state index in [1.807, 2.05) is 6.92 Å². The van der Waals surface area contributed by atoms with Gasteiger partial charge in [-0.1, -0.05) is 13.3 Å². The Bertz CT molecular complexity index is 249. The second-order valence-corrected chi connectivity index (χ2v) is 3.21. The van der Waals surface area contributed by atoms with Crippen LogP contribution in [0.4, 0.5) is 10.6 Å². The maximum Gasteiger partial charge on any atom is 0.412 e. The predicted molar refractivity (Wildman–Crippen MR) is 52.0 cm³/mol. The van der Waals surface area contributed by atoms with Gasteiger partial charge >= 0.3 is 6.09 Å². The highest BCUT2D eigenvalue weighted by atomic mass is 32.1. The molecule has 1 heterocycles. The maximum atomic E-state index is 11.0. The predicted octanol–water partition coefficient (Wildman–Crippen LogP) is 2.49. The number of aromatic nitrogens is 1. The number of thiazole rings is 1. The van der Waals surface area contributed by atoms with Crippen LogP contribution in [0.2, 0.25) is 0 Å². The van der Waals surface area contributed by atoms with Crippen LogP contribution in [-0.4, -0.2) is 17.7 Å². The van der Waals surface area contributed by atoms with E-state index in [2.05, 4.69) is 10.3 Å². The van der Waals surface area contributed by atoms with Gasteiger partial charge in [-0.2, -0.15) is 0 Å². The average molecular weight is 200 g/mol. The Labute approximate surface area is 80.9 Å². The number of anilines is 1. The van der Waals surface area contributed by atoms with Gasteiger partial charge in [0, 0.05) is 5.38 Å². The van der Waals surface area contributed by atoms with Gasteiger partial charge in [0.15, 0.2) is 0 Å². The minimum absolute atomic E-state index is 0.431. The van der Waals surface area contributed by atoms with Gasteiger partial charge in [-0.05, 0) is 6.42 Å². The Kier molecular flexibility index (Phi) is 4.25. The molecule has 0 atom stereocenters. The summed E-state index contributed by atoms with van der Waals surface area (Å²) >= 11 is 1.43. The van der Waals surface area contributed by atoms with Gasteiger partial charge in [0.1, 0.15) is 5.82 Å². The lowest BCUT2D eigenvalue weighted by atomic mass is 10.4. The Morgan fingerprint density at radius 2 is 2.62 bits per heavy atom. The Balaban J connectivity index is 2.18. The smallest absolute Gasteiger partial charge is 0.412 e. The lowest BCUT2D eigenvalue weighted by molar-refractivity contribution is 0.160. The van der Waals surface area contributed by atoms with Crippen LogP contribution >= 0.6 is 11.3 Å². The summed E-state index contributed by atoms with van der Waals surface area (Å²) in [6.45, 7) is 2.51. The number of hydrogen-bond donors (Lipinski definition) is 1. The summed E-state index contributed by atoms with van der Waals surface area (Å²) in [4.78, 5) is 14.9. The quantitative estimate of drug-likeness (QED) is 0.760. The molecule has 4 nitrogen and oxygen atoms in total. The number of ether oxygens (including phenoxy) is 1. The first-order valence-corrected chi connectivity index (χ1v) is 5.09. The molecule has 0 saturated heterocycles. The largest absolute Gasteiger partial charge is 0.449 e. The van der Waals surface area contributed by atoms with Gasteiger partial charge in [0.25, 0.3) is 0 Å². The van der Waals surface area contributed by atoms with Crippen molar-refractivity contribution in [2.75, 3.05) is 11.9 Å². The molecule has 0 spiro atoms. The van der Waals surface area contributed by atoms with Crippen molar-refractivity contribution < 1.29 is 9.53 Å². The van der Waals surface area contributed by atoms with E-state index in [9.17, 15) is 4.79 Å². The number of hydrogen-bond acceptors (Lipinski definition) is 4. The molecule has 1 rings (SSSR count). The zero-order valence-corrected chi connectivity index (χ0v) is 8.26. The van der Waals surface area contributed by atoms with E-state index in [1.54, 1.807) is 10.9 Å². The van der Waals surface area contributed by atoms with Gasteiger partial charge in [-0.15, -0.1) is 11.3 Å². The minimum atomic E-state index is -0.431. The second-order valence-electron chi connectivity index (χ2n) is 2.49. The molecule has 0 bridgehead atoms. The van der Waals surface area contributed by atoms with Crippen molar-refractivity contribution >= 4 is 23.2 Å². The van der Waals surface area contributed by atoms with Crippen LogP contribution in [0.15, 0.2) is 10.9 Å². The van der Waals surface area contributed by atoms with E-state index in [4.69, 9.17) is 4.74 Å². The number of amides is 1. The SMILES string of the molecule is CCCCOC(=O)Nc1cscn1. The van der Waals surface area contributed by atoms with Gasteiger partial charge in [0.2, 0.25) is 0 Å². The van der Waals surface area contributed by atoms with E-state index in [1.165, 1.54) is 11.3 Å². The minimum Gasteiger partial charge on any atom is -0.449 e. The Hall–Kier alpha value is -1.10. The van der Waals surface area contributed by atoms with Crippen molar-refractivity contribution in [2.45, 2.75) is 19.8 Å². The van der Waals surface area contributed by atoms with E-state index < -0.39 is 6.09 Å². The summed E-state index contributed by atoms with van der Waals surface area (Å²) in [5.41, 5.74) is 1.65. The fourth-order valence-corrected chi connectivity index (χ4v) is 1.21. The van der Waals surface area contributed by atoms with Crippen LogP contribution in [0.1, 0.15) is 19.8 Å². The van der Waals surface area contributed by atoms with Crippen molar-refractivity contribution in [2.24, 2.45) is 0 Å². The number of rotatable bonds is 4. The molecule has 1 N–H and O–H groups in total. The molecule has 13 heavy (non-hydrogen) atoms. The second kappa shape index (κ2) is 5.53. The highest BCUT2D eigenvalue weighted by Crippen LogP contribution is 2.06. The molecule has 0 aliphatic carbocycles. The molecule has 1 amide bonds. The van der Waals surface area contributed by atoms with E-state index in [0.29, 0.717) is 12.4 Å². The van der Waals surface area contributed by atoms with Crippen LogP contribution in [0.3, 0.4) is 0 Å². The molecule has 1 aromatic heterocycles. The molecule has 5 heteroatoms. The summed E-state index contributed by atoms with van der Waals surface area (Å²) in [5.74, 6) is 0.548. The Morgan fingerprint density at radius 3 is 3.23 bits per heavy atom. The van der Waals surface area contributed by atoms with Crippen LogP contribution in [0.5, 0.6) is 0 Å². The molecule has 0 aliphatic heterocycles. The number of unbranched alkanes of at least 4 members (excludes halogenated alkanes) is 1. The Morgan fingerprint density at radius 1 is 1.77 bits per heavy atom. The fraction of sp³-hybridized carbons (Fsp3) is 0.500. The van der Waals surface area contributed by atoms with Gasteiger partial charge < -0.3 is 4.74 Å². The third kappa shape index (κ3) is 3.89. The zero-order valence-electron chi connectivity index (χ0n) is 7.45. The molecule has 0 saturated carbocycles. The van der Waals surface area contributed by atoms with Crippen molar-refractivity contribution in [3.8, 4) is 0 Å². The van der Waals surface area contributed by atoms with Gasteiger partial charge in [-0.25, -0.2) is 9.78 Å². The van der Waals surface area contributed by atoms with E-state index in [-0.39, 0.29) is 0 Å². The molecule has 0 aromatic carbocycles. The molecular formula is C8H12N2O2S. The topological polar surface area (TPSA) is 51.2 Å². The normalized spacial score (nSPS) is 9.62. The van der Waals surface area contributed by atoms with E-state index >= 15 is 0 Å². The molecule has 0 aliphatic rings. The van der Waals surface area contributed by atoms with Crippen molar-refractivity contribution in [1.29, 1.82) is 0 Å². The lowest BCUT2D eigenvalue weighted by Gasteiger charge is -2.02. The number of nitrogens with zero attached hydrogens (tertiary/aromatic N) is 1. The van der Waals surface area contributed by atoms with Crippen LogP contribution < -0.4 is 5.32 Å². The molecule has 72 valence electrons. The summed E-state index contributed by atoms with van der Waals surface area (Å²) in [5, 5.41) is 4.27. The van der Waals surface area contributed by atoms with Crippen LogP contribution in [0, 0.1) is 0 Å². The summed E-state index contributed by atoms with van der Waals surface area (Å²) in [6.07, 6.45) is 1.48. The third-order valence-electron chi connectivity index (χ3n) is 1.39. The van der Waals surface area contributed by atoms with E-state index in [0.717, 1.165) is 12.8 Å². The lowest BCUT2D eigenvalue weighted by Crippen LogP contribution is -2.14. The van der Waals surface area contributed by atoms with Crippen molar-refractivity contribution in [3.63, 3.8) is 0 Å². The first-order chi connectivity index (χ1) is 6.33. The molecular weight excluding hydrogens is 188 g/mol. The van der Waals surface area contributed by atoms with Gasteiger partial charge in [-0.3, -0.25) is 5.32 Å². The zero-order chi connectivity index (χ0) is 9.52. The first-order valence-electron chi connectivity index (χ1n) is 4.15. The summed E-state index contributed by atoms with van der Waals surface area (Å²) in [6, 6.07) is 0. The molecule has 0 unspecified atom stereocenters. The number of carbonyl (C=O) groups excluding carboxylic acids is 1. The standard InChI is InChI=1S/C8H12N2O2S/c1-2-3-4-12-8(11)10-7-5-13-6-9-7/h5-6H,2-4H2,1H3,(H,10,11). The summed E-state index contributed by atoms with van der Waals surface area (Å²) in [7, 11) is 0. The van der Waals surface area contributed by atoms with Gasteiger partial charge in [0.05, 0.1) is 12.1 Å². The van der Waals surface area contributed by atoms with Crippen LogP contribution in [-0.2, 0) is 4.74 Å². The monoisotopic (exact) mass is 200 g/mol. The summed E-state index contributed by atoms with van der Waals surface area (Å²) < 4.78 is 4.87. The van der Waals surface area contributed by atoms with Crippen molar-refractivity contribution in [3.05, 3.63) is 10.9 Å². The maximum absolute atomic E-state index is 11.0. The molecule has 0 radical (unpaired) electrons. The highest BCUT2D eigenvalue weighted by Gasteiger charge is 2.02. The number of nitrogens with one attached hydrogen (secondary N) is 1. The van der Waals surface area contributed by atoms with Crippen LogP contribution in [0.25, 0.3) is 0 Å². The van der Waals surface area contributed by atoms with Crippen molar-refractivity contribution in [1.82, 2.24) is 4.98 Å². The molecule has 1 aromatic rings. The fourth-order valence-electron chi connectivity index (χ4n) is 0.724. The first kappa shape index (κ1) is 9.98.